The first-order valence-corrected chi connectivity index (χ1v) is 9.43. The van der Waals surface area contributed by atoms with Gasteiger partial charge in [0, 0.05) is 51.4 Å². The quantitative estimate of drug-likeness (QED) is 0.228. The van der Waals surface area contributed by atoms with Crippen molar-refractivity contribution in [2.24, 2.45) is 0 Å². The molecule has 2 fully saturated rings. The van der Waals surface area contributed by atoms with Gasteiger partial charge in [-0.05, 0) is 19.3 Å². The third kappa shape index (κ3) is 14.2. The molecule has 0 aromatic carbocycles. The van der Waals surface area contributed by atoms with E-state index in [4.69, 9.17) is 7.85 Å². The van der Waals surface area contributed by atoms with Crippen LogP contribution in [0.4, 0.5) is 0 Å². The lowest BCUT2D eigenvalue weighted by atomic mass is 10.2. The Kier molecular flexibility index (Phi) is 12.6. The molecule has 0 atom stereocenters. The van der Waals surface area contributed by atoms with Crippen LogP contribution in [0.1, 0.15) is 73.4 Å². The van der Waals surface area contributed by atoms with Crippen molar-refractivity contribution in [3.05, 3.63) is 0 Å². The molecule has 2 saturated heterocycles. The van der Waals surface area contributed by atoms with Crippen molar-refractivity contribution >= 4 is 48.2 Å². The van der Waals surface area contributed by atoms with Gasteiger partial charge >= 0.3 is 23.9 Å². The lowest BCUT2D eigenvalue weighted by Gasteiger charge is -2.11. The number of hydroxylamine groups is 2. The molecule has 0 bridgehead atoms. The van der Waals surface area contributed by atoms with Gasteiger partial charge in [-0.1, -0.05) is 0 Å². The molecule has 1 N–H and O–H groups in total. The summed E-state index contributed by atoms with van der Waals surface area (Å²) in [6, 6.07) is 0. The summed E-state index contributed by atoms with van der Waals surface area (Å²) in [5, 5.41) is 8.52. The monoisotopic (exact) mass is 445 g/mol. The van der Waals surface area contributed by atoms with Gasteiger partial charge in [-0.3, -0.25) is 24.0 Å². The molecule has 172 valence electrons. The largest absolute Gasteiger partial charge is 0.481 e. The fourth-order valence-corrected chi connectivity index (χ4v) is 2.03. The second kappa shape index (κ2) is 16.4. The SMILES string of the molecule is O=C1CCCC(=O)O1.[2H]C(=O)CCCC(=O)O.[2H]C(=O)CCCC(=O)ON1C(=O)CCC1=O. The van der Waals surface area contributed by atoms with Gasteiger partial charge in [-0.15, -0.1) is 5.06 Å². The van der Waals surface area contributed by atoms with Crippen LogP contribution in [0.25, 0.3) is 0 Å². The number of aliphatic carboxylic acids is 1. The molecule has 2 aliphatic rings. The van der Waals surface area contributed by atoms with Crippen LogP contribution < -0.4 is 0 Å². The molecule has 12 heteroatoms. The maximum atomic E-state index is 11.1. The average Bonchev–Trinajstić information content (AvgIpc) is 3.00. The summed E-state index contributed by atoms with van der Waals surface area (Å²) < 4.78 is 17.2. The summed E-state index contributed by atoms with van der Waals surface area (Å²) in [4.78, 5) is 88.2. The number of cyclic esters (lactones) is 2. The van der Waals surface area contributed by atoms with E-state index in [1.54, 1.807) is 0 Å². The van der Waals surface area contributed by atoms with Crippen LogP contribution in [0.2, 0.25) is 0 Å². The van der Waals surface area contributed by atoms with Crippen molar-refractivity contribution in [2.45, 2.75) is 70.6 Å². The third-order valence-electron chi connectivity index (χ3n) is 3.52. The van der Waals surface area contributed by atoms with E-state index in [2.05, 4.69) is 9.57 Å². The molecule has 2 rings (SSSR count). The van der Waals surface area contributed by atoms with Crippen molar-refractivity contribution in [1.82, 2.24) is 5.06 Å². The highest BCUT2D eigenvalue weighted by atomic mass is 16.7. The number of carboxylic acids is 1. The van der Waals surface area contributed by atoms with Crippen LogP contribution in [0.5, 0.6) is 0 Å². The number of carbonyl (C=O) groups excluding carboxylic acids is 7. The van der Waals surface area contributed by atoms with Gasteiger partial charge < -0.3 is 24.3 Å². The van der Waals surface area contributed by atoms with Gasteiger partial charge in [0.1, 0.15) is 15.3 Å². The first-order chi connectivity index (χ1) is 15.4. The highest BCUT2D eigenvalue weighted by Crippen LogP contribution is 2.13. The molecule has 0 saturated carbocycles. The summed E-state index contributed by atoms with van der Waals surface area (Å²) in [5.41, 5.74) is 0. The topological polar surface area (TPSA) is 178 Å². The van der Waals surface area contributed by atoms with Crippen LogP contribution in [-0.4, -0.2) is 58.4 Å². The summed E-state index contributed by atoms with van der Waals surface area (Å²) >= 11 is 0. The minimum absolute atomic E-state index is 0.0232. The number of ether oxygens (including phenoxy) is 1. The molecule has 31 heavy (non-hydrogen) atoms. The highest BCUT2D eigenvalue weighted by Gasteiger charge is 2.32. The van der Waals surface area contributed by atoms with E-state index in [0.29, 0.717) is 24.3 Å². The Labute approximate surface area is 180 Å². The van der Waals surface area contributed by atoms with E-state index in [1.165, 1.54) is 0 Å². The Morgan fingerprint density at radius 1 is 0.935 bits per heavy atom. The Bertz CT molecular complexity index is 738. The molecule has 0 aliphatic carbocycles. The summed E-state index contributed by atoms with van der Waals surface area (Å²) in [6.45, 7) is 0. The summed E-state index contributed by atoms with van der Waals surface area (Å²) in [5.74, 6) is -3.51. The van der Waals surface area contributed by atoms with Crippen LogP contribution in [0, 0.1) is 0 Å². The minimum atomic E-state index is -0.920. The van der Waals surface area contributed by atoms with E-state index < -0.39 is 36.3 Å². The Balaban J connectivity index is 0.000000510. The Hall–Kier alpha value is -3.44. The molecule has 2 heterocycles. The zero-order valence-corrected chi connectivity index (χ0v) is 16.8. The van der Waals surface area contributed by atoms with Gasteiger partial charge in [0.05, 0.1) is 0 Å². The minimum Gasteiger partial charge on any atom is -0.481 e. The lowest BCUT2D eigenvalue weighted by molar-refractivity contribution is -0.197. The van der Waals surface area contributed by atoms with E-state index in [9.17, 15) is 38.4 Å². The van der Waals surface area contributed by atoms with Gasteiger partial charge in [0.25, 0.3) is 11.8 Å². The average molecular weight is 445 g/mol. The standard InChI is InChI=1S/C9H11NO5.C5H6O3.C5H8O3/c11-6-2-1-3-9(14)15-10-7(12)4-5-8(10)13;6-4-2-1-3-5(7)8-4;6-4-2-1-3-5(7)8/h6H,1-5H2;1-3H2;4H,1-3H2,(H,7,8)/i6D;;4D. The van der Waals surface area contributed by atoms with Crippen LogP contribution >= 0.6 is 0 Å². The van der Waals surface area contributed by atoms with E-state index in [0.717, 1.165) is 0 Å². The number of rotatable bonds is 9. The van der Waals surface area contributed by atoms with Gasteiger partial charge in [0.15, 0.2) is 0 Å². The molecule has 2 aliphatic heterocycles. The molecular weight excluding hydrogens is 418 g/mol. The zero-order valence-electron chi connectivity index (χ0n) is 18.8. The zero-order chi connectivity index (χ0) is 25.4. The third-order valence-corrected chi connectivity index (χ3v) is 3.52. The smallest absolute Gasteiger partial charge is 0.333 e. The van der Waals surface area contributed by atoms with E-state index in [-0.39, 0.29) is 63.3 Å². The van der Waals surface area contributed by atoms with Crippen LogP contribution in [0.3, 0.4) is 0 Å². The number of aldehydes is 2. The molecule has 0 radical (unpaired) electrons. The van der Waals surface area contributed by atoms with Gasteiger partial charge in [0.2, 0.25) is 0 Å². The molecular formula is C19H25NO11. The number of carboxylic acid groups (broad SMARTS) is 1. The van der Waals surface area contributed by atoms with E-state index in [1.807, 2.05) is 0 Å². The molecule has 0 spiro atoms. The number of nitrogens with zero attached hydrogens (tertiary/aromatic N) is 1. The molecule has 12 nitrogen and oxygen atoms in total. The Morgan fingerprint density at radius 2 is 1.42 bits per heavy atom. The summed E-state index contributed by atoms with van der Waals surface area (Å²) in [6.07, 6.45) is 0.423. The predicted molar refractivity (Wildman–Crippen MR) is 99.6 cm³/mol. The normalized spacial score (nSPS) is 15.9. The van der Waals surface area contributed by atoms with Crippen molar-refractivity contribution in [1.29, 1.82) is 0 Å². The van der Waals surface area contributed by atoms with Gasteiger partial charge in [-0.2, -0.15) is 0 Å². The van der Waals surface area contributed by atoms with Crippen molar-refractivity contribution in [2.75, 3.05) is 0 Å². The molecule has 0 aromatic heterocycles. The first kappa shape index (κ1) is 23.8. The molecule has 0 aromatic rings. The first-order valence-electron chi connectivity index (χ1n) is 10.4. The van der Waals surface area contributed by atoms with Crippen molar-refractivity contribution in [3.63, 3.8) is 0 Å². The predicted octanol–water partition coefficient (Wildman–Crippen LogP) is 0.643. The highest BCUT2D eigenvalue weighted by molar-refractivity contribution is 6.01. The molecule has 2 amide bonds. The fourth-order valence-electron chi connectivity index (χ4n) is 2.03. The van der Waals surface area contributed by atoms with Crippen molar-refractivity contribution in [3.8, 4) is 0 Å². The number of carbonyl (C=O) groups is 8. The molecule has 0 unspecified atom stereocenters. The number of hydrogen-bond donors (Lipinski definition) is 1. The maximum Gasteiger partial charge on any atom is 0.333 e. The summed E-state index contributed by atoms with van der Waals surface area (Å²) in [7, 11) is 0. The number of imide groups is 1. The number of amides is 2. The number of hydrogen-bond acceptors (Lipinski definition) is 10. The Morgan fingerprint density at radius 3 is 1.81 bits per heavy atom. The lowest BCUT2D eigenvalue weighted by Crippen LogP contribution is -2.31. The van der Waals surface area contributed by atoms with E-state index >= 15 is 0 Å². The van der Waals surface area contributed by atoms with Gasteiger partial charge in [-0.25, -0.2) is 4.79 Å². The van der Waals surface area contributed by atoms with Crippen molar-refractivity contribution < 1.29 is 55.8 Å². The second-order valence-electron chi connectivity index (χ2n) is 6.13. The number of esters is 2. The second-order valence-corrected chi connectivity index (χ2v) is 6.13. The van der Waals surface area contributed by atoms with Crippen LogP contribution in [0.15, 0.2) is 0 Å². The fraction of sp³-hybridized carbons (Fsp3) is 0.579. The van der Waals surface area contributed by atoms with Crippen LogP contribution in [-0.2, 0) is 47.9 Å². The maximum absolute atomic E-state index is 11.1.